The maximum atomic E-state index is 12.6. The van der Waals surface area contributed by atoms with Crippen LogP contribution in [0.5, 0.6) is 0 Å². The van der Waals surface area contributed by atoms with Gasteiger partial charge in [0.15, 0.2) is 0 Å². The molecule has 0 saturated heterocycles. The van der Waals surface area contributed by atoms with Crippen molar-refractivity contribution in [2.24, 2.45) is 4.99 Å². The molecular weight excluding hydrogens is 212 g/mol. The summed E-state index contributed by atoms with van der Waals surface area (Å²) in [7, 11) is 1.09. The molecule has 0 aliphatic rings. The lowest BCUT2D eigenvalue weighted by molar-refractivity contribution is -0.0890. The molecule has 0 aromatic rings. The van der Waals surface area contributed by atoms with Gasteiger partial charge in [0.2, 0.25) is 5.97 Å². The Morgan fingerprint density at radius 1 is 1.53 bits per heavy atom. The van der Waals surface area contributed by atoms with Crippen molar-refractivity contribution >= 4 is 5.97 Å². The molecule has 0 unspecified atom stereocenters. The van der Waals surface area contributed by atoms with Gasteiger partial charge < -0.3 is 0 Å². The Hall–Kier alpha value is -1.64. The van der Waals surface area contributed by atoms with E-state index in [4.69, 9.17) is 5.26 Å². The van der Waals surface area contributed by atoms with Crippen molar-refractivity contribution in [2.45, 2.75) is 12.6 Å². The van der Waals surface area contributed by atoms with Crippen molar-refractivity contribution in [1.29, 1.82) is 5.26 Å². The summed E-state index contributed by atoms with van der Waals surface area (Å²) in [4.78, 5) is 3.03. The zero-order valence-electron chi connectivity index (χ0n) is 7.90. The number of aliphatic imine (C=N–C) groups is 1. The molecule has 82 valence electrons. The Labute approximate surface area is 84.2 Å². The van der Waals surface area contributed by atoms with Gasteiger partial charge in [0.1, 0.15) is 0 Å². The molecule has 2 nitrogen and oxygen atoms in total. The van der Waals surface area contributed by atoms with Gasteiger partial charge in [-0.1, -0.05) is 6.58 Å². The molecule has 0 atom stereocenters. The quantitative estimate of drug-likeness (QED) is 0.409. The minimum Gasteiger partial charge on any atom is -0.261 e. The standard InChI is InChI=1S/C9H8F4N2/c1-6(9(11,12)13)7(3-4-14)5-8(10)15-2/h5H,1,3H2,2H3/b7-5-,15-8?. The molecule has 0 radical (unpaired) electrons. The number of alkyl halides is 3. The number of rotatable bonds is 3. The highest BCUT2D eigenvalue weighted by atomic mass is 19.4. The minimum atomic E-state index is -4.67. The highest BCUT2D eigenvalue weighted by Crippen LogP contribution is 2.31. The molecule has 0 aromatic carbocycles. The Balaban J connectivity index is 5.10. The average molecular weight is 220 g/mol. The van der Waals surface area contributed by atoms with Gasteiger partial charge >= 0.3 is 6.18 Å². The van der Waals surface area contributed by atoms with Crippen LogP contribution in [-0.4, -0.2) is 19.2 Å². The van der Waals surface area contributed by atoms with E-state index in [9.17, 15) is 17.6 Å². The van der Waals surface area contributed by atoms with E-state index >= 15 is 0 Å². The van der Waals surface area contributed by atoms with Crippen molar-refractivity contribution in [3.8, 4) is 6.07 Å². The maximum absolute atomic E-state index is 12.6. The fourth-order valence-corrected chi connectivity index (χ4v) is 0.720. The zero-order valence-corrected chi connectivity index (χ0v) is 7.90. The zero-order chi connectivity index (χ0) is 12.1. The molecule has 6 heteroatoms. The first-order valence-corrected chi connectivity index (χ1v) is 3.79. The summed E-state index contributed by atoms with van der Waals surface area (Å²) in [5, 5.41) is 8.28. The third-order valence-electron chi connectivity index (χ3n) is 1.51. The van der Waals surface area contributed by atoms with Crippen LogP contribution in [0.2, 0.25) is 0 Å². The van der Waals surface area contributed by atoms with Crippen molar-refractivity contribution in [1.82, 2.24) is 0 Å². The second kappa shape index (κ2) is 5.29. The van der Waals surface area contributed by atoms with Crippen LogP contribution < -0.4 is 0 Å². The molecule has 0 aliphatic heterocycles. The van der Waals surface area contributed by atoms with E-state index in [1.165, 1.54) is 6.07 Å². The lowest BCUT2D eigenvalue weighted by atomic mass is 10.0. The Bertz CT molecular complexity index is 344. The van der Waals surface area contributed by atoms with Gasteiger partial charge in [-0.15, -0.1) is 0 Å². The first-order valence-electron chi connectivity index (χ1n) is 3.79. The second-order valence-corrected chi connectivity index (χ2v) is 2.53. The molecule has 0 rings (SSSR count). The fourth-order valence-electron chi connectivity index (χ4n) is 0.720. The van der Waals surface area contributed by atoms with E-state index in [0.29, 0.717) is 6.08 Å². The predicted molar refractivity (Wildman–Crippen MR) is 48.0 cm³/mol. The molecule has 0 aromatic heterocycles. The monoisotopic (exact) mass is 220 g/mol. The van der Waals surface area contributed by atoms with Gasteiger partial charge in [-0.2, -0.15) is 22.8 Å². The van der Waals surface area contributed by atoms with Gasteiger partial charge in [0.05, 0.1) is 18.1 Å². The third-order valence-corrected chi connectivity index (χ3v) is 1.51. The van der Waals surface area contributed by atoms with Crippen LogP contribution in [0, 0.1) is 11.3 Å². The van der Waals surface area contributed by atoms with E-state index in [1.807, 2.05) is 0 Å². The highest BCUT2D eigenvalue weighted by Gasteiger charge is 2.34. The van der Waals surface area contributed by atoms with Crippen LogP contribution in [-0.2, 0) is 0 Å². The van der Waals surface area contributed by atoms with Crippen LogP contribution >= 0.6 is 0 Å². The first-order chi connectivity index (χ1) is 6.82. The van der Waals surface area contributed by atoms with Gasteiger partial charge in [-0.3, -0.25) is 4.99 Å². The molecule has 0 fully saturated rings. The van der Waals surface area contributed by atoms with Crippen LogP contribution in [0.15, 0.2) is 28.8 Å². The minimum absolute atomic E-state index is 0.520. The van der Waals surface area contributed by atoms with Crippen LogP contribution in [0.1, 0.15) is 6.42 Å². The Morgan fingerprint density at radius 3 is 2.40 bits per heavy atom. The highest BCUT2D eigenvalue weighted by molar-refractivity contribution is 5.88. The van der Waals surface area contributed by atoms with Crippen LogP contribution in [0.3, 0.4) is 0 Å². The largest absolute Gasteiger partial charge is 0.416 e. The second-order valence-electron chi connectivity index (χ2n) is 2.53. The summed E-state index contributed by atoms with van der Waals surface area (Å²) in [6, 6.07) is 1.50. The summed E-state index contributed by atoms with van der Waals surface area (Å²) in [6.45, 7) is 2.77. The van der Waals surface area contributed by atoms with Crippen LogP contribution in [0.25, 0.3) is 0 Å². The number of allylic oxidation sites excluding steroid dienone is 3. The molecule has 0 heterocycles. The fraction of sp³-hybridized carbons (Fsp3) is 0.333. The maximum Gasteiger partial charge on any atom is 0.416 e. The lowest BCUT2D eigenvalue weighted by Gasteiger charge is -2.10. The smallest absolute Gasteiger partial charge is 0.261 e. The molecular formula is C9H8F4N2. The Kier molecular flexibility index (Phi) is 4.71. The number of hydrogen-bond acceptors (Lipinski definition) is 2. The third kappa shape index (κ3) is 4.40. The van der Waals surface area contributed by atoms with Crippen molar-refractivity contribution in [2.75, 3.05) is 7.05 Å². The van der Waals surface area contributed by atoms with Crippen LogP contribution in [0.4, 0.5) is 17.6 Å². The number of nitrogens with zero attached hydrogens (tertiary/aromatic N) is 2. The normalized spacial score (nSPS) is 13.6. The van der Waals surface area contributed by atoms with E-state index < -0.39 is 29.7 Å². The summed E-state index contributed by atoms with van der Waals surface area (Å²) >= 11 is 0. The van der Waals surface area contributed by atoms with E-state index in [2.05, 4.69) is 11.6 Å². The van der Waals surface area contributed by atoms with Crippen molar-refractivity contribution in [3.05, 3.63) is 23.8 Å². The lowest BCUT2D eigenvalue weighted by Crippen LogP contribution is -2.13. The van der Waals surface area contributed by atoms with Gasteiger partial charge in [-0.05, 0) is 11.6 Å². The Morgan fingerprint density at radius 2 is 2.07 bits per heavy atom. The van der Waals surface area contributed by atoms with E-state index in [-0.39, 0.29) is 0 Å². The SMILES string of the molecule is C=C(/C(=C\C(F)=NC)CC#N)C(F)(F)F. The van der Waals surface area contributed by atoms with Crippen molar-refractivity contribution < 1.29 is 17.6 Å². The molecule has 0 spiro atoms. The summed E-state index contributed by atoms with van der Waals surface area (Å²) in [6.07, 6.45) is -4.68. The summed E-state index contributed by atoms with van der Waals surface area (Å²) in [5.41, 5.74) is -1.75. The first kappa shape index (κ1) is 13.4. The molecule has 0 aliphatic carbocycles. The summed E-state index contributed by atoms with van der Waals surface area (Å²) in [5.74, 6) is -1.08. The number of halogens is 4. The van der Waals surface area contributed by atoms with E-state index in [1.54, 1.807) is 0 Å². The molecule has 15 heavy (non-hydrogen) atoms. The van der Waals surface area contributed by atoms with Crippen molar-refractivity contribution in [3.63, 3.8) is 0 Å². The molecule has 0 N–H and O–H groups in total. The van der Waals surface area contributed by atoms with Gasteiger partial charge in [0, 0.05) is 7.05 Å². The van der Waals surface area contributed by atoms with Gasteiger partial charge in [-0.25, -0.2) is 0 Å². The molecule has 0 amide bonds. The predicted octanol–water partition coefficient (Wildman–Crippen LogP) is 2.94. The summed E-state index contributed by atoms with van der Waals surface area (Å²) < 4.78 is 49.1. The molecule has 0 saturated carbocycles. The number of nitriles is 1. The number of hydrogen-bond donors (Lipinski definition) is 0. The topological polar surface area (TPSA) is 36.1 Å². The average Bonchev–Trinajstić information content (AvgIpc) is 2.14. The molecule has 0 bridgehead atoms. The van der Waals surface area contributed by atoms with E-state index in [0.717, 1.165) is 7.05 Å². The van der Waals surface area contributed by atoms with Gasteiger partial charge in [0.25, 0.3) is 0 Å².